The first-order valence-corrected chi connectivity index (χ1v) is 8.14. The minimum atomic E-state index is -0.0727. The highest BCUT2D eigenvalue weighted by atomic mass is 32.2. The lowest BCUT2D eigenvalue weighted by atomic mass is 10.1. The van der Waals surface area contributed by atoms with Crippen LogP contribution in [0.25, 0.3) is 0 Å². The van der Waals surface area contributed by atoms with E-state index in [2.05, 4.69) is 10.6 Å². The van der Waals surface area contributed by atoms with E-state index >= 15 is 0 Å². The predicted octanol–water partition coefficient (Wildman–Crippen LogP) is 1.42. The molecule has 0 aliphatic carbocycles. The number of thioether (sulfide) groups is 1. The van der Waals surface area contributed by atoms with Crippen LogP contribution in [0.2, 0.25) is 0 Å². The molecular weight excluding hydrogens is 286 g/mol. The minimum absolute atomic E-state index is 0.0237. The summed E-state index contributed by atoms with van der Waals surface area (Å²) in [5.41, 5.74) is 1.24. The molecule has 21 heavy (non-hydrogen) atoms. The molecule has 0 saturated carbocycles. The first kappa shape index (κ1) is 15.9. The zero-order chi connectivity index (χ0) is 15.2. The van der Waals surface area contributed by atoms with E-state index < -0.39 is 0 Å². The Kier molecular flexibility index (Phi) is 5.64. The minimum Gasteiger partial charge on any atom is -0.345 e. The Balaban J connectivity index is 1.94. The molecule has 2 amide bonds. The number of hydrogen-bond donors (Lipinski definition) is 2. The number of carbonyl (C=O) groups is 2. The third-order valence-electron chi connectivity index (χ3n) is 3.23. The lowest BCUT2D eigenvalue weighted by molar-refractivity contribution is -0.116. The lowest BCUT2D eigenvalue weighted by Gasteiger charge is -2.22. The molecule has 1 aromatic carbocycles. The topological polar surface area (TPSA) is 61.4 Å². The third kappa shape index (κ3) is 4.75. The van der Waals surface area contributed by atoms with E-state index in [1.807, 2.05) is 11.8 Å². The smallest absolute Gasteiger partial charge is 0.253 e. The van der Waals surface area contributed by atoms with E-state index in [1.54, 1.807) is 38.4 Å². The van der Waals surface area contributed by atoms with E-state index in [-0.39, 0.29) is 17.9 Å². The Morgan fingerprint density at radius 1 is 1.43 bits per heavy atom. The van der Waals surface area contributed by atoms with Crippen LogP contribution in [-0.4, -0.2) is 54.9 Å². The van der Waals surface area contributed by atoms with Gasteiger partial charge in [-0.1, -0.05) is 6.07 Å². The predicted molar refractivity (Wildman–Crippen MR) is 86.8 cm³/mol. The first-order valence-electron chi connectivity index (χ1n) is 6.99. The highest BCUT2D eigenvalue weighted by Crippen LogP contribution is 2.14. The van der Waals surface area contributed by atoms with Gasteiger partial charge in [-0.2, -0.15) is 11.8 Å². The zero-order valence-electron chi connectivity index (χ0n) is 12.4. The summed E-state index contributed by atoms with van der Waals surface area (Å²) in [6.07, 6.45) is 0.457. The van der Waals surface area contributed by atoms with Crippen LogP contribution >= 0.6 is 11.8 Å². The molecule has 0 bridgehead atoms. The molecule has 1 fully saturated rings. The number of nitrogens with zero attached hydrogens (tertiary/aromatic N) is 1. The van der Waals surface area contributed by atoms with Crippen LogP contribution in [0.3, 0.4) is 0 Å². The molecule has 1 heterocycles. The molecule has 0 radical (unpaired) electrons. The molecule has 1 unspecified atom stereocenters. The van der Waals surface area contributed by atoms with Gasteiger partial charge in [0.05, 0.1) is 0 Å². The number of nitrogens with one attached hydrogen (secondary N) is 2. The maximum Gasteiger partial charge on any atom is 0.253 e. The third-order valence-corrected chi connectivity index (χ3v) is 4.36. The summed E-state index contributed by atoms with van der Waals surface area (Å²) >= 11 is 1.87. The van der Waals surface area contributed by atoms with Crippen LogP contribution in [0.1, 0.15) is 16.8 Å². The quantitative estimate of drug-likeness (QED) is 0.883. The number of benzene rings is 1. The molecule has 114 valence electrons. The molecule has 1 atom stereocenters. The van der Waals surface area contributed by atoms with E-state index in [0.29, 0.717) is 17.7 Å². The van der Waals surface area contributed by atoms with E-state index in [0.717, 1.165) is 18.1 Å². The fraction of sp³-hybridized carbons (Fsp3) is 0.467. The average Bonchev–Trinajstić information content (AvgIpc) is 2.47. The fourth-order valence-corrected chi connectivity index (χ4v) is 3.12. The summed E-state index contributed by atoms with van der Waals surface area (Å²) in [7, 11) is 3.42. The van der Waals surface area contributed by atoms with E-state index in [9.17, 15) is 9.59 Å². The Labute approximate surface area is 129 Å². The van der Waals surface area contributed by atoms with Crippen molar-refractivity contribution in [2.45, 2.75) is 12.5 Å². The highest BCUT2D eigenvalue weighted by molar-refractivity contribution is 7.99. The summed E-state index contributed by atoms with van der Waals surface area (Å²) in [5.74, 6) is 1.97. The standard InChI is InChI=1S/C15H21N3O2S/c1-18(2)15(20)11-4-3-5-12(8-11)17-14(19)9-13-10-21-7-6-16-13/h3-5,8,13,16H,6-7,9-10H2,1-2H3,(H,17,19). The van der Waals surface area contributed by atoms with Crippen molar-refractivity contribution < 1.29 is 9.59 Å². The van der Waals surface area contributed by atoms with Crippen LogP contribution in [0, 0.1) is 0 Å². The fourth-order valence-electron chi connectivity index (χ4n) is 2.17. The summed E-state index contributed by atoms with van der Waals surface area (Å²) < 4.78 is 0. The van der Waals surface area contributed by atoms with Crippen molar-refractivity contribution >= 4 is 29.3 Å². The molecular formula is C15H21N3O2S. The van der Waals surface area contributed by atoms with E-state index in [1.165, 1.54) is 4.90 Å². The monoisotopic (exact) mass is 307 g/mol. The molecule has 1 aliphatic rings. The Morgan fingerprint density at radius 2 is 2.24 bits per heavy atom. The van der Waals surface area contributed by atoms with Gasteiger partial charge in [0.2, 0.25) is 5.91 Å². The molecule has 1 aromatic rings. The zero-order valence-corrected chi connectivity index (χ0v) is 13.2. The Bertz CT molecular complexity index is 513. The van der Waals surface area contributed by atoms with Crippen molar-refractivity contribution in [2.75, 3.05) is 37.5 Å². The molecule has 5 nitrogen and oxygen atoms in total. The first-order chi connectivity index (χ1) is 10.1. The van der Waals surface area contributed by atoms with E-state index in [4.69, 9.17) is 0 Å². The van der Waals surface area contributed by atoms with Gasteiger partial charge in [0.25, 0.3) is 5.91 Å². The van der Waals surface area contributed by atoms with Gasteiger partial charge in [0.15, 0.2) is 0 Å². The maximum absolute atomic E-state index is 12.0. The second-order valence-electron chi connectivity index (χ2n) is 5.26. The normalized spacial score (nSPS) is 18.1. The van der Waals surface area contributed by atoms with Crippen molar-refractivity contribution in [3.63, 3.8) is 0 Å². The highest BCUT2D eigenvalue weighted by Gasteiger charge is 2.17. The second kappa shape index (κ2) is 7.47. The van der Waals surface area contributed by atoms with Crippen molar-refractivity contribution in [3.8, 4) is 0 Å². The van der Waals surface area contributed by atoms with Gasteiger partial charge < -0.3 is 15.5 Å². The molecule has 2 rings (SSSR count). The van der Waals surface area contributed by atoms with Crippen molar-refractivity contribution in [2.24, 2.45) is 0 Å². The van der Waals surface area contributed by atoms with Gasteiger partial charge in [-0.05, 0) is 18.2 Å². The molecule has 6 heteroatoms. The summed E-state index contributed by atoms with van der Waals surface area (Å²) in [4.78, 5) is 25.5. The van der Waals surface area contributed by atoms with Gasteiger partial charge in [-0.3, -0.25) is 9.59 Å². The molecule has 0 aromatic heterocycles. The van der Waals surface area contributed by atoms with Gasteiger partial charge in [0.1, 0.15) is 0 Å². The Morgan fingerprint density at radius 3 is 2.90 bits per heavy atom. The molecule has 1 aliphatic heterocycles. The van der Waals surface area contributed by atoms with Crippen LogP contribution in [0.4, 0.5) is 5.69 Å². The largest absolute Gasteiger partial charge is 0.345 e. The second-order valence-corrected chi connectivity index (χ2v) is 6.41. The van der Waals surface area contributed by atoms with Gasteiger partial charge in [-0.25, -0.2) is 0 Å². The van der Waals surface area contributed by atoms with Crippen LogP contribution in [0.5, 0.6) is 0 Å². The lowest BCUT2D eigenvalue weighted by Crippen LogP contribution is -2.39. The Hall–Kier alpha value is -1.53. The van der Waals surface area contributed by atoms with Crippen LogP contribution in [-0.2, 0) is 4.79 Å². The number of carbonyl (C=O) groups excluding carboxylic acids is 2. The molecule has 1 saturated heterocycles. The summed E-state index contributed by atoms with van der Waals surface area (Å²) in [6, 6.07) is 7.27. The van der Waals surface area contributed by atoms with Crippen molar-refractivity contribution in [3.05, 3.63) is 29.8 Å². The summed E-state index contributed by atoms with van der Waals surface area (Å²) in [5, 5.41) is 6.20. The average molecular weight is 307 g/mol. The maximum atomic E-state index is 12.0. The van der Waals surface area contributed by atoms with Gasteiger partial charge in [-0.15, -0.1) is 0 Å². The number of amides is 2. The number of hydrogen-bond acceptors (Lipinski definition) is 4. The molecule has 0 spiro atoms. The van der Waals surface area contributed by atoms with Gasteiger partial charge >= 0.3 is 0 Å². The van der Waals surface area contributed by atoms with Crippen LogP contribution in [0.15, 0.2) is 24.3 Å². The van der Waals surface area contributed by atoms with Crippen molar-refractivity contribution in [1.29, 1.82) is 0 Å². The number of rotatable bonds is 4. The van der Waals surface area contributed by atoms with Crippen LogP contribution < -0.4 is 10.6 Å². The van der Waals surface area contributed by atoms with Gasteiger partial charge in [0, 0.05) is 55.9 Å². The number of anilines is 1. The SMILES string of the molecule is CN(C)C(=O)c1cccc(NC(=O)CC2CSCCN2)c1. The van der Waals surface area contributed by atoms with Crippen molar-refractivity contribution in [1.82, 2.24) is 10.2 Å². The molecule has 2 N–H and O–H groups in total. The summed E-state index contributed by atoms with van der Waals surface area (Å²) in [6.45, 7) is 0.954.